The van der Waals surface area contributed by atoms with Gasteiger partial charge in [0.05, 0.1) is 6.54 Å². The van der Waals surface area contributed by atoms with Crippen LogP contribution in [0, 0.1) is 6.92 Å². The van der Waals surface area contributed by atoms with Gasteiger partial charge in [-0.05, 0) is 51.9 Å². The Morgan fingerprint density at radius 1 is 1.10 bits per heavy atom. The molecular weight excluding hydrogens is 402 g/mol. The van der Waals surface area contributed by atoms with Crippen LogP contribution in [0.1, 0.15) is 15.3 Å². The van der Waals surface area contributed by atoms with Gasteiger partial charge in [0.15, 0.2) is 5.82 Å². The highest BCUT2D eigenvalue weighted by atomic mass is 32.1. The van der Waals surface area contributed by atoms with Gasteiger partial charge in [-0.25, -0.2) is 0 Å². The highest BCUT2D eigenvalue weighted by Gasteiger charge is 2.23. The third kappa shape index (κ3) is 4.18. The number of hydrogen-bond donors (Lipinski definition) is 0. The second kappa shape index (κ2) is 8.50. The van der Waals surface area contributed by atoms with Gasteiger partial charge in [-0.15, -0.1) is 27.8 Å². The third-order valence-electron chi connectivity index (χ3n) is 4.47. The lowest BCUT2D eigenvalue weighted by Gasteiger charge is -2.19. The van der Waals surface area contributed by atoms with Gasteiger partial charge < -0.3 is 4.90 Å². The number of amides is 1. The van der Waals surface area contributed by atoms with Gasteiger partial charge in [-0.1, -0.05) is 36.4 Å². The van der Waals surface area contributed by atoms with Crippen LogP contribution in [0.5, 0.6) is 0 Å². The number of aromatic nitrogens is 4. The molecule has 0 saturated heterocycles. The van der Waals surface area contributed by atoms with E-state index in [2.05, 4.69) is 28.5 Å². The summed E-state index contributed by atoms with van der Waals surface area (Å²) in [4.78, 5) is 17.3. The number of aryl methyl sites for hydroxylation is 1. The Labute approximate surface area is 176 Å². The van der Waals surface area contributed by atoms with E-state index in [0.29, 0.717) is 18.1 Å². The first-order valence-electron chi connectivity index (χ1n) is 9.01. The van der Waals surface area contributed by atoms with E-state index in [9.17, 15) is 4.79 Å². The zero-order chi connectivity index (χ0) is 20.2. The van der Waals surface area contributed by atoms with E-state index in [1.54, 1.807) is 34.6 Å². The van der Waals surface area contributed by atoms with Crippen molar-refractivity contribution in [2.75, 3.05) is 7.05 Å². The molecule has 0 radical (unpaired) electrons. The minimum atomic E-state index is -0.143. The fourth-order valence-corrected chi connectivity index (χ4v) is 4.50. The number of rotatable bonds is 6. The number of carbonyl (C=O) groups is 1. The molecule has 1 amide bonds. The van der Waals surface area contributed by atoms with E-state index in [-0.39, 0.29) is 5.91 Å². The predicted molar refractivity (Wildman–Crippen MR) is 117 cm³/mol. The van der Waals surface area contributed by atoms with Crippen LogP contribution in [0.25, 0.3) is 23.2 Å². The summed E-state index contributed by atoms with van der Waals surface area (Å²) >= 11 is 3.21. The zero-order valence-electron chi connectivity index (χ0n) is 16.0. The van der Waals surface area contributed by atoms with Crippen LogP contribution in [0.4, 0.5) is 0 Å². The molecule has 0 saturated carbocycles. The summed E-state index contributed by atoms with van der Waals surface area (Å²) in [5.74, 6) is 0.387. The minimum absolute atomic E-state index is 0.143. The molecule has 0 aliphatic carbocycles. The smallest absolute Gasteiger partial charge is 0.272 e. The van der Waals surface area contributed by atoms with E-state index in [4.69, 9.17) is 0 Å². The molecule has 29 heavy (non-hydrogen) atoms. The van der Waals surface area contributed by atoms with Crippen molar-refractivity contribution in [1.82, 2.24) is 25.1 Å². The topological polar surface area (TPSA) is 63.9 Å². The SMILES string of the molecule is Cc1ccsc1CN(C)C(=O)C(=Cc1cccs1)n1nnnc1-c1ccccc1. The van der Waals surface area contributed by atoms with Crippen molar-refractivity contribution in [2.45, 2.75) is 13.5 Å². The first kappa shape index (κ1) is 19.2. The Balaban J connectivity index is 1.73. The van der Waals surface area contributed by atoms with Crippen LogP contribution in [-0.4, -0.2) is 38.1 Å². The van der Waals surface area contributed by atoms with Crippen LogP contribution < -0.4 is 0 Å². The van der Waals surface area contributed by atoms with Crippen molar-refractivity contribution >= 4 is 40.4 Å². The third-order valence-corrected chi connectivity index (χ3v) is 6.29. The summed E-state index contributed by atoms with van der Waals surface area (Å²) in [6.45, 7) is 2.59. The summed E-state index contributed by atoms with van der Waals surface area (Å²) in [5, 5.41) is 16.2. The monoisotopic (exact) mass is 421 g/mol. The van der Waals surface area contributed by atoms with Crippen molar-refractivity contribution in [3.8, 4) is 11.4 Å². The Hall–Kier alpha value is -3.10. The van der Waals surface area contributed by atoms with Crippen molar-refractivity contribution in [3.05, 3.63) is 74.6 Å². The molecular formula is C21H19N5OS2. The van der Waals surface area contributed by atoms with Crippen molar-refractivity contribution < 1.29 is 4.79 Å². The van der Waals surface area contributed by atoms with Gasteiger partial charge >= 0.3 is 0 Å². The summed E-state index contributed by atoms with van der Waals surface area (Å²) in [6, 6.07) is 15.6. The molecule has 0 aliphatic rings. The van der Waals surface area contributed by atoms with Crippen LogP contribution in [-0.2, 0) is 11.3 Å². The van der Waals surface area contributed by atoms with Crippen molar-refractivity contribution in [2.24, 2.45) is 0 Å². The van der Waals surface area contributed by atoms with Gasteiger partial charge in [0.1, 0.15) is 5.70 Å². The molecule has 4 rings (SSSR count). The molecule has 1 aromatic carbocycles. The molecule has 146 valence electrons. The Kier molecular flexibility index (Phi) is 5.64. The molecule has 0 fully saturated rings. The number of likely N-dealkylation sites (N-methyl/N-ethyl adjacent to an activating group) is 1. The summed E-state index contributed by atoms with van der Waals surface area (Å²) < 4.78 is 1.52. The van der Waals surface area contributed by atoms with E-state index < -0.39 is 0 Å². The Morgan fingerprint density at radius 2 is 1.93 bits per heavy atom. The Morgan fingerprint density at radius 3 is 2.62 bits per heavy atom. The molecule has 0 atom stereocenters. The Bertz CT molecular complexity index is 1130. The lowest BCUT2D eigenvalue weighted by molar-refractivity contribution is -0.124. The molecule has 3 heterocycles. The molecule has 0 N–H and O–H groups in total. The van der Waals surface area contributed by atoms with Crippen molar-refractivity contribution in [3.63, 3.8) is 0 Å². The second-order valence-corrected chi connectivity index (χ2v) is 8.49. The number of nitrogens with zero attached hydrogens (tertiary/aromatic N) is 5. The lowest BCUT2D eigenvalue weighted by Crippen LogP contribution is -2.29. The maximum atomic E-state index is 13.4. The van der Waals surface area contributed by atoms with Crippen LogP contribution in [0.2, 0.25) is 0 Å². The molecule has 4 aromatic rings. The number of hydrogen-bond acceptors (Lipinski definition) is 6. The highest BCUT2D eigenvalue weighted by Crippen LogP contribution is 2.24. The second-order valence-electron chi connectivity index (χ2n) is 6.51. The van der Waals surface area contributed by atoms with Crippen LogP contribution in [0.15, 0.2) is 59.3 Å². The lowest BCUT2D eigenvalue weighted by atomic mass is 10.2. The molecule has 0 aliphatic heterocycles. The fourth-order valence-electron chi connectivity index (χ4n) is 2.89. The number of carbonyl (C=O) groups excluding carboxylic acids is 1. The maximum Gasteiger partial charge on any atom is 0.272 e. The van der Waals surface area contributed by atoms with Gasteiger partial charge in [0.2, 0.25) is 0 Å². The van der Waals surface area contributed by atoms with Gasteiger partial charge in [-0.3, -0.25) is 4.79 Å². The van der Waals surface area contributed by atoms with Gasteiger partial charge in [0.25, 0.3) is 5.91 Å². The summed E-state index contributed by atoms with van der Waals surface area (Å²) in [6.07, 6.45) is 1.84. The first-order valence-corrected chi connectivity index (χ1v) is 10.8. The quantitative estimate of drug-likeness (QED) is 0.432. The van der Waals surface area contributed by atoms with Crippen LogP contribution in [0.3, 0.4) is 0 Å². The van der Waals surface area contributed by atoms with Crippen LogP contribution >= 0.6 is 22.7 Å². The van der Waals surface area contributed by atoms with E-state index >= 15 is 0 Å². The van der Waals surface area contributed by atoms with E-state index in [0.717, 1.165) is 15.3 Å². The maximum absolute atomic E-state index is 13.4. The molecule has 6 nitrogen and oxygen atoms in total. The number of tetrazole rings is 1. The van der Waals surface area contributed by atoms with Crippen molar-refractivity contribution in [1.29, 1.82) is 0 Å². The fraction of sp³-hybridized carbons (Fsp3) is 0.143. The zero-order valence-corrected chi connectivity index (χ0v) is 17.7. The standard InChI is InChI=1S/C21H19N5OS2/c1-15-10-12-29-19(15)14-25(2)21(27)18(13-17-9-6-11-28-17)26-20(22-23-24-26)16-7-4-3-5-8-16/h3-13H,14H2,1-2H3. The summed E-state index contributed by atoms with van der Waals surface area (Å²) in [5.41, 5.74) is 2.44. The average molecular weight is 422 g/mol. The number of benzene rings is 1. The molecule has 8 heteroatoms. The summed E-state index contributed by atoms with van der Waals surface area (Å²) in [7, 11) is 1.80. The number of thiophene rings is 2. The molecule has 0 bridgehead atoms. The van der Waals surface area contributed by atoms with E-state index in [1.807, 2.05) is 59.3 Å². The van der Waals surface area contributed by atoms with Gasteiger partial charge in [-0.2, -0.15) is 4.68 Å². The first-order chi connectivity index (χ1) is 14.1. The normalized spacial score (nSPS) is 11.6. The molecule has 0 unspecified atom stereocenters. The molecule has 3 aromatic heterocycles. The van der Waals surface area contributed by atoms with Gasteiger partial charge in [0, 0.05) is 22.4 Å². The minimum Gasteiger partial charge on any atom is -0.335 e. The molecule has 0 spiro atoms. The largest absolute Gasteiger partial charge is 0.335 e. The predicted octanol–water partition coefficient (Wildman–Crippen LogP) is 4.43. The average Bonchev–Trinajstić information content (AvgIpc) is 3.49. The van der Waals surface area contributed by atoms with E-state index in [1.165, 1.54) is 10.2 Å². The highest BCUT2D eigenvalue weighted by molar-refractivity contribution is 7.11.